The molecule has 0 bridgehead atoms. The van der Waals surface area contributed by atoms with E-state index in [0.29, 0.717) is 26.1 Å². The lowest BCUT2D eigenvalue weighted by molar-refractivity contribution is -0.167. The Bertz CT molecular complexity index is 853. The van der Waals surface area contributed by atoms with Crippen LogP contribution in [0.15, 0.2) is 48.8 Å². The number of pyridine rings is 1. The Morgan fingerprint density at radius 1 is 1.24 bits per heavy atom. The highest BCUT2D eigenvalue weighted by molar-refractivity contribution is 5.88. The first-order chi connectivity index (χ1) is 14.0. The highest BCUT2D eigenvalue weighted by atomic mass is 16.5. The Labute approximate surface area is 172 Å². The number of carbonyl (C=O) groups excluding carboxylic acids is 2. The minimum Gasteiger partial charge on any atom is -0.361 e. The average Bonchev–Trinajstić information content (AvgIpc) is 2.74. The van der Waals surface area contributed by atoms with Crippen LogP contribution in [0.3, 0.4) is 0 Å². The number of benzene rings is 1. The van der Waals surface area contributed by atoms with Gasteiger partial charge in [0.05, 0.1) is 13.2 Å². The number of morpholine rings is 1. The highest BCUT2D eigenvalue weighted by Gasteiger charge is 2.45. The zero-order chi connectivity index (χ0) is 20.9. The maximum absolute atomic E-state index is 13.1. The molecule has 0 spiro atoms. The average molecular weight is 396 g/mol. The number of nitrogens with zero attached hydrogens (tertiary/aromatic N) is 2. The number of amides is 2. The molecule has 6 nitrogen and oxygen atoms in total. The summed E-state index contributed by atoms with van der Waals surface area (Å²) in [6.07, 6.45) is 3.93. The van der Waals surface area contributed by atoms with Gasteiger partial charge >= 0.3 is 0 Å². The van der Waals surface area contributed by atoms with Gasteiger partial charge in [-0.25, -0.2) is 0 Å². The van der Waals surface area contributed by atoms with Crippen LogP contribution < -0.4 is 5.32 Å². The predicted octanol–water partition coefficient (Wildman–Crippen LogP) is 2.68. The first-order valence-corrected chi connectivity index (χ1v) is 10.2. The van der Waals surface area contributed by atoms with E-state index in [0.717, 1.165) is 16.7 Å². The van der Waals surface area contributed by atoms with E-state index in [2.05, 4.69) is 10.3 Å². The molecule has 1 aromatic heterocycles. The van der Waals surface area contributed by atoms with Crippen LogP contribution in [0.1, 0.15) is 26.3 Å². The summed E-state index contributed by atoms with van der Waals surface area (Å²) in [6.45, 7) is 7.23. The number of rotatable bonds is 6. The number of ether oxygens (including phenoxy) is 1. The van der Waals surface area contributed by atoms with E-state index < -0.39 is 5.60 Å². The topological polar surface area (TPSA) is 71.5 Å². The van der Waals surface area contributed by atoms with Crippen LogP contribution in [-0.2, 0) is 20.7 Å². The second-order valence-electron chi connectivity index (χ2n) is 7.69. The minimum atomic E-state index is -1.11. The maximum Gasteiger partial charge on any atom is 0.254 e. The molecule has 154 valence electrons. The van der Waals surface area contributed by atoms with E-state index in [1.54, 1.807) is 11.1 Å². The predicted molar refractivity (Wildman–Crippen MR) is 112 cm³/mol. The Balaban J connectivity index is 1.97. The normalized spacial score (nSPS) is 19.2. The number of likely N-dealkylation sites (N-methyl/N-ethyl adjacent to an activating group) is 1. The molecule has 1 atom stereocenters. The molecule has 2 aromatic rings. The molecule has 1 aliphatic heterocycles. The maximum atomic E-state index is 13.1. The van der Waals surface area contributed by atoms with Crippen molar-refractivity contribution in [3.8, 4) is 11.1 Å². The van der Waals surface area contributed by atoms with Gasteiger partial charge in [-0.05, 0) is 24.1 Å². The molecular formula is C23H29N3O3. The Kier molecular flexibility index (Phi) is 6.64. The van der Waals surface area contributed by atoms with Gasteiger partial charge < -0.3 is 15.0 Å². The van der Waals surface area contributed by atoms with Crippen molar-refractivity contribution in [3.63, 3.8) is 0 Å². The van der Waals surface area contributed by atoms with Gasteiger partial charge in [0.1, 0.15) is 0 Å². The van der Waals surface area contributed by atoms with Crippen LogP contribution in [-0.4, -0.2) is 53.5 Å². The van der Waals surface area contributed by atoms with Crippen LogP contribution in [0, 0.1) is 5.92 Å². The fraction of sp³-hybridized carbons (Fsp3) is 0.435. The van der Waals surface area contributed by atoms with Gasteiger partial charge in [-0.1, -0.05) is 44.2 Å². The van der Waals surface area contributed by atoms with Crippen LogP contribution in [0.25, 0.3) is 11.1 Å². The molecule has 1 aliphatic rings. The molecular weight excluding hydrogens is 366 g/mol. The molecule has 6 heteroatoms. The highest BCUT2D eigenvalue weighted by Crippen LogP contribution is 2.30. The minimum absolute atomic E-state index is 0.0440. The van der Waals surface area contributed by atoms with E-state index in [1.165, 1.54) is 0 Å². The summed E-state index contributed by atoms with van der Waals surface area (Å²) in [4.78, 5) is 31.7. The van der Waals surface area contributed by atoms with Crippen molar-refractivity contribution in [2.24, 2.45) is 5.92 Å². The van der Waals surface area contributed by atoms with Crippen LogP contribution in [0.5, 0.6) is 0 Å². The summed E-state index contributed by atoms with van der Waals surface area (Å²) in [5.74, 6) is -0.257. The van der Waals surface area contributed by atoms with Crippen molar-refractivity contribution < 1.29 is 14.3 Å². The molecule has 0 radical (unpaired) electrons. The van der Waals surface area contributed by atoms with Crippen LogP contribution >= 0.6 is 0 Å². The van der Waals surface area contributed by atoms with Crippen molar-refractivity contribution in [1.82, 2.24) is 15.2 Å². The molecule has 1 fully saturated rings. The standard InChI is InChI=1S/C23H29N3O3/c1-4-25-22(28)23(16-26(12-13-29-23)21(27)17(2)3)14-18-8-5-6-10-20(18)19-9-7-11-24-15-19/h5-11,15,17H,4,12-14,16H2,1-3H3,(H,25,28)/t23-/m1/s1. The molecule has 0 aliphatic carbocycles. The third-order valence-electron chi connectivity index (χ3n) is 5.21. The molecule has 29 heavy (non-hydrogen) atoms. The zero-order valence-corrected chi connectivity index (χ0v) is 17.4. The van der Waals surface area contributed by atoms with E-state index >= 15 is 0 Å². The second kappa shape index (κ2) is 9.18. The number of nitrogens with one attached hydrogen (secondary N) is 1. The van der Waals surface area contributed by atoms with E-state index in [-0.39, 0.29) is 24.3 Å². The van der Waals surface area contributed by atoms with Crippen molar-refractivity contribution in [3.05, 3.63) is 54.4 Å². The monoisotopic (exact) mass is 395 g/mol. The fourth-order valence-corrected chi connectivity index (χ4v) is 3.77. The van der Waals surface area contributed by atoms with Gasteiger partial charge in [-0.3, -0.25) is 14.6 Å². The number of hydrogen-bond acceptors (Lipinski definition) is 4. The lowest BCUT2D eigenvalue weighted by Crippen LogP contribution is -2.62. The Morgan fingerprint density at radius 3 is 2.72 bits per heavy atom. The molecule has 0 unspecified atom stereocenters. The summed E-state index contributed by atoms with van der Waals surface area (Å²) in [6, 6.07) is 11.9. The third kappa shape index (κ3) is 4.65. The van der Waals surface area contributed by atoms with Gasteiger partial charge in [0, 0.05) is 43.4 Å². The van der Waals surface area contributed by atoms with Crippen molar-refractivity contribution in [2.45, 2.75) is 32.8 Å². The smallest absolute Gasteiger partial charge is 0.254 e. The third-order valence-corrected chi connectivity index (χ3v) is 5.21. The van der Waals surface area contributed by atoms with Crippen molar-refractivity contribution in [2.75, 3.05) is 26.2 Å². The molecule has 1 N–H and O–H groups in total. The van der Waals surface area contributed by atoms with E-state index in [1.807, 2.05) is 63.4 Å². The molecule has 0 saturated carbocycles. The zero-order valence-electron chi connectivity index (χ0n) is 17.4. The number of carbonyl (C=O) groups is 2. The summed E-state index contributed by atoms with van der Waals surface area (Å²) in [5, 5.41) is 2.91. The van der Waals surface area contributed by atoms with Gasteiger partial charge in [0.25, 0.3) is 5.91 Å². The first kappa shape index (κ1) is 21.0. The summed E-state index contributed by atoms with van der Waals surface area (Å²) in [5.41, 5.74) is 1.88. The molecule has 1 aromatic carbocycles. The van der Waals surface area contributed by atoms with Crippen molar-refractivity contribution in [1.29, 1.82) is 0 Å². The van der Waals surface area contributed by atoms with Gasteiger partial charge in [0.15, 0.2) is 5.60 Å². The number of hydrogen-bond donors (Lipinski definition) is 1. The van der Waals surface area contributed by atoms with Gasteiger partial charge in [-0.15, -0.1) is 0 Å². The second-order valence-corrected chi connectivity index (χ2v) is 7.69. The summed E-state index contributed by atoms with van der Waals surface area (Å²) >= 11 is 0. The molecule has 2 heterocycles. The fourth-order valence-electron chi connectivity index (χ4n) is 3.77. The quantitative estimate of drug-likeness (QED) is 0.816. The molecule has 2 amide bonds. The van der Waals surface area contributed by atoms with Gasteiger partial charge in [0.2, 0.25) is 5.91 Å². The first-order valence-electron chi connectivity index (χ1n) is 10.2. The molecule has 1 saturated heterocycles. The van der Waals surface area contributed by atoms with Gasteiger partial charge in [-0.2, -0.15) is 0 Å². The van der Waals surface area contributed by atoms with Crippen LogP contribution in [0.4, 0.5) is 0 Å². The lowest BCUT2D eigenvalue weighted by atomic mass is 9.87. The van der Waals surface area contributed by atoms with E-state index in [4.69, 9.17) is 4.74 Å². The Hall–Kier alpha value is -2.73. The van der Waals surface area contributed by atoms with E-state index in [9.17, 15) is 9.59 Å². The summed E-state index contributed by atoms with van der Waals surface area (Å²) in [7, 11) is 0. The SMILES string of the molecule is CCNC(=O)[C@@]1(Cc2ccccc2-c2cccnc2)CN(C(=O)C(C)C)CCO1. The molecule has 3 rings (SSSR count). The summed E-state index contributed by atoms with van der Waals surface area (Å²) < 4.78 is 6.11. The largest absolute Gasteiger partial charge is 0.361 e. The lowest BCUT2D eigenvalue weighted by Gasteiger charge is -2.42. The van der Waals surface area contributed by atoms with Crippen molar-refractivity contribution >= 4 is 11.8 Å². The van der Waals surface area contributed by atoms with Crippen LogP contribution in [0.2, 0.25) is 0 Å². The number of aromatic nitrogens is 1. The Morgan fingerprint density at radius 2 is 2.03 bits per heavy atom.